The van der Waals surface area contributed by atoms with Gasteiger partial charge in [-0.25, -0.2) is 4.98 Å². The molecule has 0 radical (unpaired) electrons. The molecule has 0 unspecified atom stereocenters. The maximum absolute atomic E-state index is 11.3. The van der Waals surface area contributed by atoms with Crippen LogP contribution in [0.4, 0.5) is 0 Å². The van der Waals surface area contributed by atoms with Crippen molar-refractivity contribution in [1.29, 1.82) is 0 Å². The molecule has 0 saturated heterocycles. The molecular weight excluding hydrogens is 292 g/mol. The van der Waals surface area contributed by atoms with Crippen LogP contribution in [0.2, 0.25) is 0 Å². The molecule has 0 N–H and O–H groups in total. The van der Waals surface area contributed by atoms with Gasteiger partial charge in [-0.15, -0.1) is 0 Å². The van der Waals surface area contributed by atoms with Crippen molar-refractivity contribution in [3.8, 4) is 11.5 Å². The van der Waals surface area contributed by atoms with Crippen LogP contribution in [-0.4, -0.2) is 29.1 Å². The number of nitrogens with zero attached hydrogens (tertiary/aromatic N) is 2. The van der Waals surface area contributed by atoms with Gasteiger partial charge >= 0.3 is 0 Å². The molecule has 23 heavy (non-hydrogen) atoms. The molecule has 0 aliphatic rings. The van der Waals surface area contributed by atoms with Crippen LogP contribution in [0.3, 0.4) is 0 Å². The lowest BCUT2D eigenvalue weighted by atomic mass is 10.3. The standard InChI is InChI=1S/C18H18N2O3/c1-2-22-11-10-20-17-12-15(23-14-6-4-3-5-7-14)8-9-16(17)19-18(20)13-21/h3-9,12-13H,2,10-11H2,1H3. The highest BCUT2D eigenvalue weighted by atomic mass is 16.5. The van der Waals surface area contributed by atoms with Crippen LogP contribution >= 0.6 is 0 Å². The van der Waals surface area contributed by atoms with Crippen molar-refractivity contribution in [2.45, 2.75) is 13.5 Å². The van der Waals surface area contributed by atoms with Crippen LogP contribution in [-0.2, 0) is 11.3 Å². The summed E-state index contributed by atoms with van der Waals surface area (Å²) < 4.78 is 13.1. The third kappa shape index (κ3) is 3.40. The molecule has 5 nitrogen and oxygen atoms in total. The number of benzene rings is 2. The minimum absolute atomic E-state index is 0.400. The van der Waals surface area contributed by atoms with Crippen LogP contribution in [0.25, 0.3) is 11.0 Å². The van der Waals surface area contributed by atoms with E-state index >= 15 is 0 Å². The zero-order chi connectivity index (χ0) is 16.1. The Morgan fingerprint density at radius 2 is 1.96 bits per heavy atom. The van der Waals surface area contributed by atoms with Gasteiger partial charge < -0.3 is 14.0 Å². The van der Waals surface area contributed by atoms with Gasteiger partial charge in [-0.05, 0) is 31.2 Å². The van der Waals surface area contributed by atoms with Gasteiger partial charge in [0.15, 0.2) is 12.1 Å². The summed E-state index contributed by atoms with van der Waals surface area (Å²) >= 11 is 0. The van der Waals surface area contributed by atoms with Crippen LogP contribution < -0.4 is 4.74 Å². The fourth-order valence-corrected chi connectivity index (χ4v) is 2.43. The summed E-state index contributed by atoms with van der Waals surface area (Å²) in [6.07, 6.45) is 0.768. The number of carbonyl (C=O) groups excluding carboxylic acids is 1. The predicted octanol–water partition coefficient (Wildman–Crippen LogP) is 3.68. The lowest BCUT2D eigenvalue weighted by Gasteiger charge is -2.08. The third-order valence-electron chi connectivity index (χ3n) is 3.50. The number of aromatic nitrogens is 2. The Hall–Kier alpha value is -2.66. The summed E-state index contributed by atoms with van der Waals surface area (Å²) in [7, 11) is 0. The van der Waals surface area contributed by atoms with Crippen molar-refractivity contribution < 1.29 is 14.3 Å². The number of imidazole rings is 1. The highest BCUT2D eigenvalue weighted by molar-refractivity contribution is 5.84. The molecule has 3 aromatic rings. The zero-order valence-corrected chi connectivity index (χ0v) is 12.9. The first kappa shape index (κ1) is 15.2. The van der Waals surface area contributed by atoms with Crippen molar-refractivity contribution in [2.24, 2.45) is 0 Å². The first-order valence-corrected chi connectivity index (χ1v) is 7.58. The van der Waals surface area contributed by atoms with Crippen LogP contribution in [0.15, 0.2) is 48.5 Å². The van der Waals surface area contributed by atoms with Gasteiger partial charge in [0, 0.05) is 19.2 Å². The average Bonchev–Trinajstić information content (AvgIpc) is 2.93. The van der Waals surface area contributed by atoms with Gasteiger partial charge in [-0.3, -0.25) is 4.79 Å². The molecule has 5 heteroatoms. The fourth-order valence-electron chi connectivity index (χ4n) is 2.43. The predicted molar refractivity (Wildman–Crippen MR) is 88.1 cm³/mol. The van der Waals surface area contributed by atoms with Gasteiger partial charge in [0.25, 0.3) is 0 Å². The third-order valence-corrected chi connectivity index (χ3v) is 3.50. The molecule has 1 aromatic heterocycles. The smallest absolute Gasteiger partial charge is 0.185 e. The van der Waals surface area contributed by atoms with Crippen molar-refractivity contribution in [3.63, 3.8) is 0 Å². The number of rotatable bonds is 7. The Labute approximate surface area is 134 Å². The molecule has 0 fully saturated rings. The maximum atomic E-state index is 11.3. The number of aldehydes is 1. The van der Waals surface area contributed by atoms with E-state index < -0.39 is 0 Å². The van der Waals surface area contributed by atoms with Gasteiger partial charge in [0.05, 0.1) is 17.6 Å². The lowest BCUT2D eigenvalue weighted by molar-refractivity contribution is 0.110. The molecule has 2 aromatic carbocycles. The normalized spacial score (nSPS) is 10.8. The molecule has 0 bridgehead atoms. The Kier molecular flexibility index (Phi) is 4.68. The summed E-state index contributed by atoms with van der Waals surface area (Å²) in [6, 6.07) is 15.2. The van der Waals surface area contributed by atoms with E-state index in [1.807, 2.05) is 60.0 Å². The van der Waals surface area contributed by atoms with E-state index in [0.717, 1.165) is 23.1 Å². The minimum atomic E-state index is 0.400. The number of ether oxygens (including phenoxy) is 2. The molecule has 0 atom stereocenters. The molecule has 0 aliphatic carbocycles. The van der Waals surface area contributed by atoms with Crippen molar-refractivity contribution in [1.82, 2.24) is 9.55 Å². The second-order valence-corrected chi connectivity index (χ2v) is 5.00. The van der Waals surface area contributed by atoms with Gasteiger partial charge in [-0.2, -0.15) is 0 Å². The molecule has 1 heterocycles. The molecule has 0 saturated carbocycles. The van der Waals surface area contributed by atoms with E-state index in [-0.39, 0.29) is 0 Å². The molecule has 0 aliphatic heterocycles. The Bertz CT molecular complexity index is 797. The first-order chi connectivity index (χ1) is 11.3. The van der Waals surface area contributed by atoms with Gasteiger partial charge in [0.1, 0.15) is 11.5 Å². The van der Waals surface area contributed by atoms with Crippen molar-refractivity contribution in [2.75, 3.05) is 13.2 Å². The summed E-state index contributed by atoms with van der Waals surface area (Å²) in [4.78, 5) is 15.6. The Morgan fingerprint density at radius 3 is 2.70 bits per heavy atom. The molecule has 118 valence electrons. The molecule has 0 amide bonds. The number of carbonyl (C=O) groups is 1. The van der Waals surface area contributed by atoms with Crippen LogP contribution in [0, 0.1) is 0 Å². The number of para-hydroxylation sites is 1. The average molecular weight is 310 g/mol. The van der Waals surface area contributed by atoms with Crippen LogP contribution in [0.5, 0.6) is 11.5 Å². The summed E-state index contributed by atoms with van der Waals surface area (Å²) in [6.45, 7) is 3.70. The topological polar surface area (TPSA) is 53.4 Å². The quantitative estimate of drug-likeness (QED) is 0.493. The monoisotopic (exact) mass is 310 g/mol. The minimum Gasteiger partial charge on any atom is -0.457 e. The van der Waals surface area contributed by atoms with E-state index in [9.17, 15) is 4.79 Å². The first-order valence-electron chi connectivity index (χ1n) is 7.58. The van der Waals surface area contributed by atoms with Crippen molar-refractivity contribution >= 4 is 17.3 Å². The fraction of sp³-hybridized carbons (Fsp3) is 0.222. The van der Waals surface area contributed by atoms with E-state index in [1.165, 1.54) is 0 Å². The maximum Gasteiger partial charge on any atom is 0.185 e. The number of fused-ring (bicyclic) bond motifs is 1. The summed E-state index contributed by atoms with van der Waals surface area (Å²) in [5.74, 6) is 1.87. The SMILES string of the molecule is CCOCCn1c(C=O)nc2ccc(Oc3ccccc3)cc21. The van der Waals surface area contributed by atoms with E-state index in [0.29, 0.717) is 31.3 Å². The molecular formula is C18H18N2O3. The summed E-state index contributed by atoms with van der Waals surface area (Å²) in [5.41, 5.74) is 1.63. The van der Waals surface area contributed by atoms with E-state index in [2.05, 4.69) is 4.98 Å². The Balaban J connectivity index is 1.93. The van der Waals surface area contributed by atoms with Crippen molar-refractivity contribution in [3.05, 3.63) is 54.4 Å². The van der Waals surface area contributed by atoms with Crippen LogP contribution in [0.1, 0.15) is 17.5 Å². The highest BCUT2D eigenvalue weighted by Crippen LogP contribution is 2.26. The lowest BCUT2D eigenvalue weighted by Crippen LogP contribution is -2.09. The summed E-state index contributed by atoms with van der Waals surface area (Å²) in [5, 5.41) is 0. The highest BCUT2D eigenvalue weighted by Gasteiger charge is 2.11. The zero-order valence-electron chi connectivity index (χ0n) is 12.9. The van der Waals surface area contributed by atoms with E-state index in [1.54, 1.807) is 0 Å². The molecule has 0 spiro atoms. The largest absolute Gasteiger partial charge is 0.457 e. The van der Waals surface area contributed by atoms with Gasteiger partial charge in [-0.1, -0.05) is 18.2 Å². The second-order valence-electron chi connectivity index (χ2n) is 5.00. The number of hydrogen-bond acceptors (Lipinski definition) is 4. The second kappa shape index (κ2) is 7.07. The Morgan fingerprint density at radius 1 is 1.13 bits per heavy atom. The molecule has 3 rings (SSSR count). The number of hydrogen-bond donors (Lipinski definition) is 0. The van der Waals surface area contributed by atoms with Gasteiger partial charge in [0.2, 0.25) is 0 Å². The van der Waals surface area contributed by atoms with E-state index in [4.69, 9.17) is 9.47 Å².